The number of amides is 2. The van der Waals surface area contributed by atoms with Gasteiger partial charge in [0, 0.05) is 31.9 Å². The molecule has 1 N–H and O–H groups in total. The fraction of sp³-hybridized carbons (Fsp3) is 0.360. The molecule has 0 saturated carbocycles. The molecular weight excluding hydrogens is 438 g/mol. The first-order valence-electron chi connectivity index (χ1n) is 11.3. The molecule has 0 unspecified atom stereocenters. The molecule has 0 aliphatic carbocycles. The topological polar surface area (TPSA) is 86.8 Å². The van der Waals surface area contributed by atoms with Crippen molar-refractivity contribution in [2.75, 3.05) is 18.4 Å². The Labute approximate surface area is 195 Å². The van der Waals surface area contributed by atoms with Gasteiger partial charge in [-0.25, -0.2) is 8.42 Å². The van der Waals surface area contributed by atoms with Crippen LogP contribution in [0.2, 0.25) is 0 Å². The van der Waals surface area contributed by atoms with Gasteiger partial charge in [0.15, 0.2) is 0 Å². The Balaban J connectivity index is 1.51. The van der Waals surface area contributed by atoms with Crippen LogP contribution in [0.25, 0.3) is 6.08 Å². The van der Waals surface area contributed by atoms with Crippen LogP contribution in [0.3, 0.4) is 0 Å². The Hall–Kier alpha value is -2.97. The lowest BCUT2D eigenvalue weighted by Crippen LogP contribution is -2.33. The first-order chi connectivity index (χ1) is 15.9. The Bertz CT molecular complexity index is 1170. The smallest absolute Gasteiger partial charge is 0.243 e. The normalized spacial score (nSPS) is 18.9. The van der Waals surface area contributed by atoms with Gasteiger partial charge in [0.1, 0.15) is 0 Å². The van der Waals surface area contributed by atoms with Gasteiger partial charge in [-0.3, -0.25) is 9.59 Å². The number of fused-ring (bicyclic) bond motifs is 1. The highest BCUT2D eigenvalue weighted by atomic mass is 32.2. The van der Waals surface area contributed by atoms with Gasteiger partial charge in [-0.15, -0.1) is 0 Å². The molecule has 2 amide bonds. The molecule has 33 heavy (non-hydrogen) atoms. The third-order valence-corrected chi connectivity index (χ3v) is 8.06. The molecule has 1 saturated heterocycles. The van der Waals surface area contributed by atoms with Crippen LogP contribution in [0.15, 0.2) is 59.6 Å². The standard InChI is InChI=1S/C25H29N3O4S/c1-19(29)28-16-13-20-9-4-5-12-23(20)24(28)18-25(30)26-21-10-8-11-22(17-21)33(31,32)27-14-6-2-3-7-15-27/h4-5,8-13,16-17,24H,2-3,6-7,14-15,18H2,1H3,(H,26,30)/t24-/m1/s1. The Morgan fingerprint density at radius 2 is 1.73 bits per heavy atom. The number of sulfonamides is 1. The molecule has 0 bridgehead atoms. The lowest BCUT2D eigenvalue weighted by atomic mass is 9.93. The minimum Gasteiger partial charge on any atom is -0.326 e. The van der Waals surface area contributed by atoms with E-state index in [0.29, 0.717) is 18.8 Å². The summed E-state index contributed by atoms with van der Waals surface area (Å²) in [6.07, 6.45) is 7.43. The van der Waals surface area contributed by atoms with E-state index in [9.17, 15) is 18.0 Å². The maximum absolute atomic E-state index is 13.1. The van der Waals surface area contributed by atoms with Crippen molar-refractivity contribution in [2.24, 2.45) is 0 Å². The monoisotopic (exact) mass is 467 g/mol. The van der Waals surface area contributed by atoms with Crippen LogP contribution in [0.5, 0.6) is 0 Å². The van der Waals surface area contributed by atoms with Gasteiger partial charge < -0.3 is 10.2 Å². The molecule has 2 heterocycles. The Morgan fingerprint density at radius 1 is 1.00 bits per heavy atom. The zero-order valence-corrected chi connectivity index (χ0v) is 19.6. The number of hydrogen-bond donors (Lipinski definition) is 1. The number of rotatable bonds is 5. The summed E-state index contributed by atoms with van der Waals surface area (Å²) >= 11 is 0. The van der Waals surface area contributed by atoms with E-state index >= 15 is 0 Å². The molecule has 2 aliphatic heterocycles. The second-order valence-corrected chi connectivity index (χ2v) is 10.4. The van der Waals surface area contributed by atoms with Crippen LogP contribution < -0.4 is 5.32 Å². The third-order valence-electron chi connectivity index (χ3n) is 6.17. The fourth-order valence-electron chi connectivity index (χ4n) is 4.47. The van der Waals surface area contributed by atoms with E-state index in [-0.39, 0.29) is 23.1 Å². The third kappa shape index (κ3) is 5.17. The fourth-order valence-corrected chi connectivity index (χ4v) is 6.03. The van der Waals surface area contributed by atoms with E-state index in [2.05, 4.69) is 5.32 Å². The summed E-state index contributed by atoms with van der Waals surface area (Å²) in [5, 5.41) is 2.82. The van der Waals surface area contributed by atoms with Gasteiger partial charge in [-0.2, -0.15) is 4.31 Å². The molecule has 1 fully saturated rings. The SMILES string of the molecule is CC(=O)N1C=Cc2ccccc2[C@H]1CC(=O)Nc1cccc(S(=O)(=O)N2CCCCCC2)c1. The van der Waals surface area contributed by atoms with Crippen molar-refractivity contribution in [1.82, 2.24) is 9.21 Å². The van der Waals surface area contributed by atoms with Gasteiger partial charge in [-0.05, 0) is 48.2 Å². The summed E-state index contributed by atoms with van der Waals surface area (Å²) in [5.74, 6) is -0.440. The zero-order chi connectivity index (χ0) is 23.4. The van der Waals surface area contributed by atoms with Crippen molar-refractivity contribution >= 4 is 33.6 Å². The molecule has 0 aromatic heterocycles. The van der Waals surface area contributed by atoms with Crippen LogP contribution in [0, 0.1) is 0 Å². The molecule has 0 radical (unpaired) electrons. The lowest BCUT2D eigenvalue weighted by molar-refractivity contribution is -0.129. The molecule has 2 aromatic rings. The van der Waals surface area contributed by atoms with Crippen molar-refractivity contribution in [3.05, 3.63) is 65.9 Å². The summed E-state index contributed by atoms with van der Waals surface area (Å²) in [7, 11) is -3.61. The number of carbonyl (C=O) groups is 2. The summed E-state index contributed by atoms with van der Waals surface area (Å²) < 4.78 is 27.8. The highest BCUT2D eigenvalue weighted by Gasteiger charge is 2.29. The number of anilines is 1. The van der Waals surface area contributed by atoms with Crippen LogP contribution >= 0.6 is 0 Å². The average molecular weight is 468 g/mol. The highest BCUT2D eigenvalue weighted by molar-refractivity contribution is 7.89. The summed E-state index contributed by atoms with van der Waals surface area (Å²) in [6, 6.07) is 13.6. The molecule has 1 atom stereocenters. The van der Waals surface area contributed by atoms with Crippen LogP contribution in [0.1, 0.15) is 56.2 Å². The van der Waals surface area contributed by atoms with E-state index < -0.39 is 16.1 Å². The average Bonchev–Trinajstić information content (AvgIpc) is 3.09. The highest BCUT2D eigenvalue weighted by Crippen LogP contribution is 2.33. The first kappa shape index (κ1) is 23.2. The second-order valence-electron chi connectivity index (χ2n) is 8.49. The molecule has 2 aliphatic rings. The zero-order valence-electron chi connectivity index (χ0n) is 18.7. The van der Waals surface area contributed by atoms with E-state index in [1.54, 1.807) is 29.3 Å². The van der Waals surface area contributed by atoms with Crippen LogP contribution in [0.4, 0.5) is 5.69 Å². The van der Waals surface area contributed by atoms with Crippen molar-refractivity contribution in [1.29, 1.82) is 0 Å². The number of carbonyl (C=O) groups excluding carboxylic acids is 2. The number of benzene rings is 2. The van der Waals surface area contributed by atoms with Gasteiger partial charge in [0.25, 0.3) is 0 Å². The number of nitrogens with one attached hydrogen (secondary N) is 1. The maximum atomic E-state index is 13.1. The van der Waals surface area contributed by atoms with Crippen molar-refractivity contribution in [3.63, 3.8) is 0 Å². The predicted molar refractivity (Wildman–Crippen MR) is 128 cm³/mol. The summed E-state index contributed by atoms with van der Waals surface area (Å²) in [4.78, 5) is 26.8. The van der Waals surface area contributed by atoms with E-state index in [4.69, 9.17) is 0 Å². The predicted octanol–water partition coefficient (Wildman–Crippen LogP) is 4.15. The van der Waals surface area contributed by atoms with Crippen LogP contribution in [-0.4, -0.2) is 42.5 Å². The molecular formula is C25H29N3O4S. The summed E-state index contributed by atoms with van der Waals surface area (Å²) in [5.41, 5.74) is 2.30. The Kier molecular flexibility index (Phi) is 6.95. The minimum atomic E-state index is -3.61. The first-order valence-corrected chi connectivity index (χ1v) is 12.8. The molecule has 174 valence electrons. The Morgan fingerprint density at radius 3 is 2.45 bits per heavy atom. The van der Waals surface area contributed by atoms with Crippen molar-refractivity contribution in [3.8, 4) is 0 Å². The number of hydrogen-bond acceptors (Lipinski definition) is 4. The second kappa shape index (κ2) is 9.89. The maximum Gasteiger partial charge on any atom is 0.243 e. The number of nitrogens with zero attached hydrogens (tertiary/aromatic N) is 2. The van der Waals surface area contributed by atoms with Crippen LogP contribution in [-0.2, 0) is 19.6 Å². The van der Waals surface area contributed by atoms with Gasteiger partial charge in [0.05, 0.1) is 17.4 Å². The molecule has 7 nitrogen and oxygen atoms in total. The van der Waals surface area contributed by atoms with Gasteiger partial charge in [0.2, 0.25) is 21.8 Å². The molecule has 0 spiro atoms. The molecule has 8 heteroatoms. The van der Waals surface area contributed by atoms with Gasteiger partial charge in [-0.1, -0.05) is 43.2 Å². The largest absolute Gasteiger partial charge is 0.326 e. The van der Waals surface area contributed by atoms with E-state index in [1.165, 1.54) is 17.3 Å². The molecule has 4 rings (SSSR count). The van der Waals surface area contributed by atoms with Crippen molar-refractivity contribution < 1.29 is 18.0 Å². The van der Waals surface area contributed by atoms with E-state index in [1.807, 2.05) is 30.3 Å². The summed E-state index contributed by atoms with van der Waals surface area (Å²) in [6.45, 7) is 2.52. The van der Waals surface area contributed by atoms with E-state index in [0.717, 1.165) is 36.8 Å². The quantitative estimate of drug-likeness (QED) is 0.716. The lowest BCUT2D eigenvalue weighted by Gasteiger charge is -2.32. The van der Waals surface area contributed by atoms with Gasteiger partial charge >= 0.3 is 0 Å². The molecule has 2 aromatic carbocycles. The van der Waals surface area contributed by atoms with Crippen molar-refractivity contribution in [2.45, 2.75) is 50.0 Å². The minimum absolute atomic E-state index is 0.0596.